The second-order valence-electron chi connectivity index (χ2n) is 4.40. The molecule has 1 heterocycles. The number of ether oxygens (including phenoxy) is 1. The predicted molar refractivity (Wildman–Crippen MR) is 86.2 cm³/mol. The molecular formula is C16H9FINO2. The van der Waals surface area contributed by atoms with Crippen molar-refractivity contribution >= 4 is 40.5 Å². The van der Waals surface area contributed by atoms with Crippen molar-refractivity contribution in [2.24, 2.45) is 4.99 Å². The Morgan fingerprint density at radius 1 is 1.14 bits per heavy atom. The normalized spacial score (nSPS) is 16.0. The molecule has 0 aromatic heterocycles. The van der Waals surface area contributed by atoms with Crippen LogP contribution in [0, 0.1) is 9.39 Å². The first kappa shape index (κ1) is 13.9. The molecule has 0 atom stereocenters. The summed E-state index contributed by atoms with van der Waals surface area (Å²) in [5.74, 6) is -0.814. The average molecular weight is 393 g/mol. The van der Waals surface area contributed by atoms with Crippen molar-refractivity contribution in [3.05, 3.63) is 74.7 Å². The number of aliphatic imine (C=N–C) groups is 1. The maximum Gasteiger partial charge on any atom is 0.363 e. The van der Waals surface area contributed by atoms with Crippen molar-refractivity contribution in [2.45, 2.75) is 0 Å². The number of nitrogens with zero attached hydrogens (tertiary/aromatic N) is 1. The van der Waals surface area contributed by atoms with E-state index in [-0.39, 0.29) is 11.6 Å². The van der Waals surface area contributed by atoms with Gasteiger partial charge in [-0.25, -0.2) is 14.2 Å². The Hall–Kier alpha value is -2.02. The molecule has 0 unspecified atom stereocenters. The quantitative estimate of drug-likeness (QED) is 0.443. The van der Waals surface area contributed by atoms with Crippen LogP contribution < -0.4 is 0 Å². The second kappa shape index (κ2) is 5.77. The maximum absolute atomic E-state index is 13.2. The van der Waals surface area contributed by atoms with E-state index >= 15 is 0 Å². The van der Waals surface area contributed by atoms with Gasteiger partial charge in [-0.15, -0.1) is 0 Å². The number of hydrogen-bond acceptors (Lipinski definition) is 3. The minimum absolute atomic E-state index is 0.122. The van der Waals surface area contributed by atoms with Crippen molar-refractivity contribution in [1.82, 2.24) is 0 Å². The van der Waals surface area contributed by atoms with Crippen LogP contribution >= 0.6 is 22.6 Å². The molecule has 0 spiro atoms. The van der Waals surface area contributed by atoms with Crippen LogP contribution in [0.3, 0.4) is 0 Å². The molecule has 1 aliphatic heterocycles. The van der Waals surface area contributed by atoms with Gasteiger partial charge in [0.2, 0.25) is 5.90 Å². The molecule has 5 heteroatoms. The molecule has 0 aliphatic carbocycles. The van der Waals surface area contributed by atoms with Crippen LogP contribution in [0.25, 0.3) is 6.08 Å². The summed E-state index contributed by atoms with van der Waals surface area (Å²) in [6, 6.07) is 13.4. The Bertz CT molecular complexity index is 766. The largest absolute Gasteiger partial charge is 0.402 e. The highest BCUT2D eigenvalue weighted by atomic mass is 127. The van der Waals surface area contributed by atoms with E-state index in [2.05, 4.69) is 27.6 Å². The van der Waals surface area contributed by atoms with Gasteiger partial charge in [-0.1, -0.05) is 18.2 Å². The lowest BCUT2D eigenvalue weighted by molar-refractivity contribution is -0.129. The molecule has 0 saturated carbocycles. The molecule has 104 valence electrons. The van der Waals surface area contributed by atoms with Crippen molar-refractivity contribution in [3.8, 4) is 0 Å². The molecule has 0 bridgehead atoms. The molecule has 0 N–H and O–H groups in total. The third-order valence-electron chi connectivity index (χ3n) is 2.87. The third kappa shape index (κ3) is 3.18. The topological polar surface area (TPSA) is 38.7 Å². The zero-order valence-corrected chi connectivity index (χ0v) is 12.9. The fraction of sp³-hybridized carbons (Fsp3) is 0. The summed E-state index contributed by atoms with van der Waals surface area (Å²) in [6.45, 7) is 0. The molecule has 0 fully saturated rings. The summed E-state index contributed by atoms with van der Waals surface area (Å²) in [7, 11) is 0. The molecule has 0 saturated heterocycles. The number of benzene rings is 2. The summed E-state index contributed by atoms with van der Waals surface area (Å²) < 4.78 is 19.4. The lowest BCUT2D eigenvalue weighted by Crippen LogP contribution is -2.05. The summed E-state index contributed by atoms with van der Waals surface area (Å²) in [4.78, 5) is 15.9. The smallest absolute Gasteiger partial charge is 0.363 e. The Kier molecular flexibility index (Phi) is 3.83. The highest BCUT2D eigenvalue weighted by Gasteiger charge is 2.24. The number of esters is 1. The number of carbonyl (C=O) groups is 1. The molecule has 3 nitrogen and oxygen atoms in total. The van der Waals surface area contributed by atoms with Crippen LogP contribution in [-0.2, 0) is 9.53 Å². The van der Waals surface area contributed by atoms with E-state index in [4.69, 9.17) is 4.74 Å². The molecule has 1 aliphatic rings. The van der Waals surface area contributed by atoms with Gasteiger partial charge in [-0.3, -0.25) is 0 Å². The lowest BCUT2D eigenvalue weighted by Gasteiger charge is -1.98. The van der Waals surface area contributed by atoms with E-state index in [1.807, 2.05) is 24.3 Å². The van der Waals surface area contributed by atoms with E-state index in [1.54, 1.807) is 18.2 Å². The Morgan fingerprint density at radius 3 is 2.62 bits per heavy atom. The molecule has 2 aromatic carbocycles. The summed E-state index contributed by atoms with van der Waals surface area (Å²) >= 11 is 2.20. The summed E-state index contributed by atoms with van der Waals surface area (Å²) in [5.41, 5.74) is 1.50. The van der Waals surface area contributed by atoms with E-state index in [1.165, 1.54) is 12.1 Å². The molecule has 21 heavy (non-hydrogen) atoms. The minimum atomic E-state index is -0.534. The third-order valence-corrected chi connectivity index (χ3v) is 3.58. The highest BCUT2D eigenvalue weighted by Crippen LogP contribution is 2.20. The Labute approximate surface area is 134 Å². The Morgan fingerprint density at radius 2 is 1.90 bits per heavy atom. The first-order chi connectivity index (χ1) is 10.1. The van der Waals surface area contributed by atoms with Crippen molar-refractivity contribution in [3.63, 3.8) is 0 Å². The maximum atomic E-state index is 13.2. The fourth-order valence-corrected chi connectivity index (χ4v) is 2.23. The van der Waals surface area contributed by atoms with Gasteiger partial charge in [-0.2, -0.15) is 0 Å². The number of carbonyl (C=O) groups excluding carboxylic acids is 1. The summed E-state index contributed by atoms with van der Waals surface area (Å²) in [6.07, 6.45) is 1.64. The van der Waals surface area contributed by atoms with Gasteiger partial charge < -0.3 is 4.74 Å². The van der Waals surface area contributed by atoms with Gasteiger partial charge in [0.1, 0.15) is 5.82 Å². The van der Waals surface area contributed by atoms with Gasteiger partial charge in [0.05, 0.1) is 0 Å². The van der Waals surface area contributed by atoms with E-state index in [0.717, 1.165) is 9.13 Å². The molecule has 2 aromatic rings. The molecule has 3 rings (SSSR count). The first-order valence-corrected chi connectivity index (χ1v) is 7.24. The first-order valence-electron chi connectivity index (χ1n) is 6.16. The molecule has 0 radical (unpaired) electrons. The number of halogens is 2. The van der Waals surface area contributed by atoms with Crippen LogP contribution in [0.4, 0.5) is 4.39 Å². The van der Waals surface area contributed by atoms with E-state index in [0.29, 0.717) is 5.56 Å². The standard InChI is InChI=1S/C16H9FINO2/c17-12-3-1-2-11(9-12)15-19-14(16(20)21-15)8-10-4-6-13(18)7-5-10/h1-9H/b14-8-. The number of rotatable bonds is 2. The number of cyclic esters (lactones) is 1. The lowest BCUT2D eigenvalue weighted by atomic mass is 10.2. The van der Waals surface area contributed by atoms with Gasteiger partial charge in [0.15, 0.2) is 5.70 Å². The highest BCUT2D eigenvalue weighted by molar-refractivity contribution is 14.1. The van der Waals surface area contributed by atoms with E-state index < -0.39 is 11.8 Å². The minimum Gasteiger partial charge on any atom is -0.402 e. The molecule has 0 amide bonds. The zero-order chi connectivity index (χ0) is 14.8. The summed E-state index contributed by atoms with van der Waals surface area (Å²) in [5, 5.41) is 0. The van der Waals surface area contributed by atoms with Gasteiger partial charge in [-0.05, 0) is 64.6 Å². The van der Waals surface area contributed by atoms with Crippen molar-refractivity contribution < 1.29 is 13.9 Å². The molecular weight excluding hydrogens is 384 g/mol. The van der Waals surface area contributed by atoms with Gasteiger partial charge in [0, 0.05) is 9.13 Å². The average Bonchev–Trinajstić information content (AvgIpc) is 2.83. The van der Waals surface area contributed by atoms with Crippen molar-refractivity contribution in [2.75, 3.05) is 0 Å². The predicted octanol–water partition coefficient (Wildman–Crippen LogP) is 3.77. The van der Waals surface area contributed by atoms with Crippen molar-refractivity contribution in [1.29, 1.82) is 0 Å². The SMILES string of the molecule is O=C1OC(c2cccc(F)c2)=N/C1=C\c1ccc(I)cc1. The van der Waals surface area contributed by atoms with Crippen LogP contribution in [0.1, 0.15) is 11.1 Å². The monoisotopic (exact) mass is 393 g/mol. The van der Waals surface area contributed by atoms with Gasteiger partial charge in [0.25, 0.3) is 0 Å². The Balaban J connectivity index is 1.93. The van der Waals surface area contributed by atoms with Gasteiger partial charge >= 0.3 is 5.97 Å². The van der Waals surface area contributed by atoms with Crippen LogP contribution in [0.15, 0.2) is 59.2 Å². The van der Waals surface area contributed by atoms with Crippen LogP contribution in [-0.4, -0.2) is 11.9 Å². The second-order valence-corrected chi connectivity index (χ2v) is 5.64. The van der Waals surface area contributed by atoms with E-state index in [9.17, 15) is 9.18 Å². The zero-order valence-electron chi connectivity index (χ0n) is 10.7. The number of hydrogen-bond donors (Lipinski definition) is 0. The van der Waals surface area contributed by atoms with Crippen LogP contribution in [0.2, 0.25) is 0 Å². The fourth-order valence-electron chi connectivity index (χ4n) is 1.87. The van der Waals surface area contributed by atoms with Crippen LogP contribution in [0.5, 0.6) is 0 Å².